The summed E-state index contributed by atoms with van der Waals surface area (Å²) in [6.45, 7) is 1.89. The molecule has 0 unspecified atom stereocenters. The minimum Gasteiger partial charge on any atom is -0.321 e. The molecule has 4 fully saturated rings. The Bertz CT molecular complexity index is 1270. The van der Waals surface area contributed by atoms with Gasteiger partial charge in [0, 0.05) is 16.1 Å². The van der Waals surface area contributed by atoms with Crippen LogP contribution in [0.15, 0.2) is 71.7 Å². The SMILES string of the molecule is Cc1ccccc1C(=O)N/C(=C\c1cccs1)C(=O)Nc1ccc(C23CC4CC(CC(C4)C2)C3)cc1. The van der Waals surface area contributed by atoms with Crippen LogP contribution < -0.4 is 10.6 Å². The maximum absolute atomic E-state index is 13.3. The van der Waals surface area contributed by atoms with E-state index in [0.717, 1.165) is 33.9 Å². The molecule has 4 saturated carbocycles. The van der Waals surface area contributed by atoms with Crippen molar-refractivity contribution >= 4 is 34.9 Å². The second-order valence-electron chi connectivity index (χ2n) is 11.1. The third kappa shape index (κ3) is 4.53. The van der Waals surface area contributed by atoms with Gasteiger partial charge in [0.2, 0.25) is 0 Å². The Labute approximate surface area is 216 Å². The topological polar surface area (TPSA) is 58.2 Å². The number of carbonyl (C=O) groups is 2. The van der Waals surface area contributed by atoms with Crippen LogP contribution in [0.3, 0.4) is 0 Å². The van der Waals surface area contributed by atoms with Crippen molar-refractivity contribution < 1.29 is 9.59 Å². The Morgan fingerprint density at radius 2 is 1.56 bits per heavy atom. The first-order chi connectivity index (χ1) is 17.5. The molecule has 0 spiro atoms. The molecule has 5 heteroatoms. The lowest BCUT2D eigenvalue weighted by Gasteiger charge is -2.57. The number of anilines is 1. The normalized spacial score (nSPS) is 26.6. The third-order valence-corrected chi connectivity index (χ3v) is 9.32. The lowest BCUT2D eigenvalue weighted by molar-refractivity contribution is -0.113. The van der Waals surface area contributed by atoms with Crippen molar-refractivity contribution in [1.29, 1.82) is 0 Å². The number of hydrogen-bond donors (Lipinski definition) is 2. The summed E-state index contributed by atoms with van der Waals surface area (Å²) in [5.74, 6) is 2.09. The molecule has 2 amide bonds. The van der Waals surface area contributed by atoms with Crippen molar-refractivity contribution in [2.45, 2.75) is 50.9 Å². The predicted octanol–water partition coefficient (Wildman–Crippen LogP) is 6.93. The maximum Gasteiger partial charge on any atom is 0.272 e. The van der Waals surface area contributed by atoms with Crippen LogP contribution in [0, 0.1) is 24.7 Å². The fourth-order valence-corrected chi connectivity index (χ4v) is 7.92. The molecule has 4 aliphatic rings. The van der Waals surface area contributed by atoms with Crippen molar-refractivity contribution in [3.63, 3.8) is 0 Å². The summed E-state index contributed by atoms with van der Waals surface area (Å²) in [4.78, 5) is 27.2. The highest BCUT2D eigenvalue weighted by Crippen LogP contribution is 2.60. The zero-order valence-electron chi connectivity index (χ0n) is 20.6. The molecule has 36 heavy (non-hydrogen) atoms. The lowest BCUT2D eigenvalue weighted by Crippen LogP contribution is -2.48. The zero-order chi connectivity index (χ0) is 24.7. The zero-order valence-corrected chi connectivity index (χ0v) is 21.4. The van der Waals surface area contributed by atoms with Gasteiger partial charge in [0.25, 0.3) is 11.8 Å². The highest BCUT2D eigenvalue weighted by Gasteiger charge is 2.51. The van der Waals surface area contributed by atoms with Crippen molar-refractivity contribution in [1.82, 2.24) is 5.32 Å². The van der Waals surface area contributed by atoms with Gasteiger partial charge in [-0.05, 0) is 115 Å². The largest absolute Gasteiger partial charge is 0.321 e. The molecule has 0 saturated heterocycles. The molecular formula is C31H32N2O2S. The Morgan fingerprint density at radius 3 is 2.17 bits per heavy atom. The molecular weight excluding hydrogens is 464 g/mol. The van der Waals surface area contributed by atoms with Crippen LogP contribution >= 0.6 is 11.3 Å². The minimum absolute atomic E-state index is 0.232. The summed E-state index contributed by atoms with van der Waals surface area (Å²) in [5.41, 5.74) is 4.17. The van der Waals surface area contributed by atoms with E-state index >= 15 is 0 Å². The molecule has 0 atom stereocenters. The summed E-state index contributed by atoms with van der Waals surface area (Å²) in [5, 5.41) is 7.81. The molecule has 1 aromatic heterocycles. The first-order valence-electron chi connectivity index (χ1n) is 13.0. The van der Waals surface area contributed by atoms with E-state index < -0.39 is 0 Å². The number of rotatable bonds is 6. The number of carbonyl (C=O) groups excluding carboxylic acids is 2. The van der Waals surface area contributed by atoms with Gasteiger partial charge >= 0.3 is 0 Å². The van der Waals surface area contributed by atoms with Crippen molar-refractivity contribution in [3.8, 4) is 0 Å². The molecule has 0 radical (unpaired) electrons. The van der Waals surface area contributed by atoms with E-state index in [9.17, 15) is 9.59 Å². The third-order valence-electron chi connectivity index (χ3n) is 8.51. The molecule has 4 bridgehead atoms. The van der Waals surface area contributed by atoms with Gasteiger partial charge in [-0.15, -0.1) is 11.3 Å². The van der Waals surface area contributed by atoms with E-state index in [-0.39, 0.29) is 17.5 Å². The van der Waals surface area contributed by atoms with Crippen molar-refractivity contribution in [2.24, 2.45) is 17.8 Å². The Hall–Kier alpha value is -3.18. The van der Waals surface area contributed by atoms with Gasteiger partial charge < -0.3 is 10.6 Å². The summed E-state index contributed by atoms with van der Waals surface area (Å²) < 4.78 is 0. The number of nitrogens with one attached hydrogen (secondary N) is 2. The first-order valence-corrected chi connectivity index (χ1v) is 13.9. The monoisotopic (exact) mass is 496 g/mol. The van der Waals surface area contributed by atoms with Crippen LogP contribution in [0.1, 0.15) is 64.9 Å². The molecule has 0 aliphatic heterocycles. The molecule has 184 valence electrons. The summed E-state index contributed by atoms with van der Waals surface area (Å²) in [6.07, 6.45) is 10.00. The quantitative estimate of drug-likeness (QED) is 0.363. The van der Waals surface area contributed by atoms with Gasteiger partial charge in [-0.3, -0.25) is 9.59 Å². The second-order valence-corrected chi connectivity index (χ2v) is 12.1. The number of aryl methyl sites for hydroxylation is 1. The lowest BCUT2D eigenvalue weighted by atomic mass is 9.48. The first kappa shape index (κ1) is 23.2. The van der Waals surface area contributed by atoms with Crippen molar-refractivity contribution in [2.75, 3.05) is 5.32 Å². The van der Waals surface area contributed by atoms with Gasteiger partial charge in [0.05, 0.1) is 0 Å². The average Bonchev–Trinajstić information content (AvgIpc) is 3.36. The van der Waals surface area contributed by atoms with E-state index in [1.54, 1.807) is 12.1 Å². The highest BCUT2D eigenvalue weighted by molar-refractivity contribution is 7.10. The number of amides is 2. The highest BCUT2D eigenvalue weighted by atomic mass is 32.1. The predicted molar refractivity (Wildman–Crippen MR) is 146 cm³/mol. The summed E-state index contributed by atoms with van der Waals surface area (Å²) in [6, 6.07) is 19.7. The van der Waals surface area contributed by atoms with E-state index in [2.05, 4.69) is 22.8 Å². The molecule has 1 heterocycles. The maximum atomic E-state index is 13.3. The fraction of sp³-hybridized carbons (Fsp3) is 0.355. The standard InChI is InChI=1S/C31H32N2O2S/c1-20-5-2-3-7-27(20)29(34)33-28(16-26-6-4-12-36-26)30(35)32-25-10-8-24(9-11-25)31-17-21-13-22(18-31)15-23(14-21)19-31/h2-12,16,21-23H,13-15,17-19H2,1H3,(H,32,35)(H,33,34)/b28-16-. The molecule has 2 aromatic carbocycles. The average molecular weight is 497 g/mol. The van der Waals surface area contributed by atoms with E-state index in [0.29, 0.717) is 11.0 Å². The minimum atomic E-state index is -0.326. The van der Waals surface area contributed by atoms with Crippen LogP contribution in [-0.4, -0.2) is 11.8 Å². The van der Waals surface area contributed by atoms with Gasteiger partial charge in [-0.2, -0.15) is 0 Å². The molecule has 3 aromatic rings. The second kappa shape index (κ2) is 9.36. The van der Waals surface area contributed by atoms with Crippen LogP contribution in [0.4, 0.5) is 5.69 Å². The fourth-order valence-electron chi connectivity index (χ4n) is 7.26. The Kier molecular flexibility index (Phi) is 6.04. The van der Waals surface area contributed by atoms with Gasteiger partial charge in [-0.25, -0.2) is 0 Å². The summed E-state index contributed by atoms with van der Waals surface area (Å²) >= 11 is 1.52. The van der Waals surface area contributed by atoms with E-state index in [1.165, 1.54) is 55.4 Å². The van der Waals surface area contributed by atoms with Gasteiger partial charge in [0.15, 0.2) is 0 Å². The number of benzene rings is 2. The number of hydrogen-bond acceptors (Lipinski definition) is 3. The van der Waals surface area contributed by atoms with Crippen LogP contribution in [0.2, 0.25) is 0 Å². The van der Waals surface area contributed by atoms with Crippen LogP contribution in [0.5, 0.6) is 0 Å². The molecule has 2 N–H and O–H groups in total. The molecule has 7 rings (SSSR count). The smallest absolute Gasteiger partial charge is 0.272 e. The summed E-state index contributed by atoms with van der Waals surface area (Å²) in [7, 11) is 0. The van der Waals surface area contributed by atoms with Crippen LogP contribution in [-0.2, 0) is 10.2 Å². The Balaban J connectivity index is 1.20. The molecule has 4 nitrogen and oxygen atoms in total. The van der Waals surface area contributed by atoms with E-state index in [1.807, 2.05) is 54.8 Å². The molecule has 4 aliphatic carbocycles. The Morgan fingerprint density at radius 1 is 0.889 bits per heavy atom. The van der Waals surface area contributed by atoms with E-state index in [4.69, 9.17) is 0 Å². The van der Waals surface area contributed by atoms with Crippen molar-refractivity contribution in [3.05, 3.63) is 93.3 Å². The van der Waals surface area contributed by atoms with Gasteiger partial charge in [0.1, 0.15) is 5.70 Å². The van der Waals surface area contributed by atoms with Crippen LogP contribution in [0.25, 0.3) is 6.08 Å². The number of thiophene rings is 1. The van der Waals surface area contributed by atoms with Gasteiger partial charge in [-0.1, -0.05) is 36.4 Å².